The molecule has 1 saturated carbocycles. The summed E-state index contributed by atoms with van der Waals surface area (Å²) in [5, 5.41) is 0. The molecular formula is C15H23FN2O2S. The Morgan fingerprint density at radius 1 is 1.48 bits per heavy atom. The Balaban J connectivity index is 2.31. The van der Waals surface area contributed by atoms with Crippen molar-refractivity contribution in [1.82, 2.24) is 4.72 Å². The SMILES string of the molecule is Cc1cc(F)ccc1S(=O)(=O)NC1(CN)CCCC(C)C1. The van der Waals surface area contributed by atoms with Crippen molar-refractivity contribution in [2.45, 2.75) is 50.0 Å². The standard InChI is InChI=1S/C15H23FN2O2S/c1-11-4-3-7-15(9-11,10-17)18-21(19,20)14-6-5-13(16)8-12(14)2/h5-6,8,11,18H,3-4,7,9-10,17H2,1-2H3. The van der Waals surface area contributed by atoms with E-state index in [0.29, 0.717) is 11.5 Å². The quantitative estimate of drug-likeness (QED) is 0.896. The van der Waals surface area contributed by atoms with Gasteiger partial charge in [-0.05, 0) is 49.4 Å². The van der Waals surface area contributed by atoms with Crippen molar-refractivity contribution in [3.8, 4) is 0 Å². The van der Waals surface area contributed by atoms with E-state index in [9.17, 15) is 12.8 Å². The van der Waals surface area contributed by atoms with Crippen LogP contribution in [-0.4, -0.2) is 20.5 Å². The van der Waals surface area contributed by atoms with Crippen LogP contribution in [0.5, 0.6) is 0 Å². The third kappa shape index (κ3) is 3.62. The highest BCUT2D eigenvalue weighted by Gasteiger charge is 2.38. The predicted molar refractivity (Wildman–Crippen MR) is 80.9 cm³/mol. The van der Waals surface area contributed by atoms with E-state index in [2.05, 4.69) is 11.6 Å². The van der Waals surface area contributed by atoms with Gasteiger partial charge in [0.15, 0.2) is 0 Å². The number of nitrogens with two attached hydrogens (primary N) is 1. The summed E-state index contributed by atoms with van der Waals surface area (Å²) < 4.78 is 41.2. The number of benzene rings is 1. The molecule has 0 saturated heterocycles. The van der Waals surface area contributed by atoms with Crippen molar-refractivity contribution in [3.63, 3.8) is 0 Å². The average Bonchev–Trinajstić information content (AvgIpc) is 2.37. The monoisotopic (exact) mass is 314 g/mol. The van der Waals surface area contributed by atoms with Gasteiger partial charge >= 0.3 is 0 Å². The van der Waals surface area contributed by atoms with Gasteiger partial charge in [-0.25, -0.2) is 17.5 Å². The highest BCUT2D eigenvalue weighted by atomic mass is 32.2. The van der Waals surface area contributed by atoms with E-state index in [1.807, 2.05) is 0 Å². The maximum atomic E-state index is 13.2. The molecule has 0 aliphatic heterocycles. The average molecular weight is 314 g/mol. The number of halogens is 1. The summed E-state index contributed by atoms with van der Waals surface area (Å²) in [4.78, 5) is 0.120. The molecule has 0 aromatic heterocycles. The molecular weight excluding hydrogens is 291 g/mol. The minimum absolute atomic E-state index is 0.120. The van der Waals surface area contributed by atoms with Gasteiger partial charge in [0.1, 0.15) is 5.82 Å². The first-order valence-corrected chi connectivity index (χ1v) is 8.76. The number of hydrogen-bond acceptors (Lipinski definition) is 3. The Morgan fingerprint density at radius 2 is 2.19 bits per heavy atom. The first kappa shape index (κ1) is 16.4. The second kappa shape index (κ2) is 6.02. The van der Waals surface area contributed by atoms with Gasteiger partial charge in [0.2, 0.25) is 10.0 Å². The van der Waals surface area contributed by atoms with Gasteiger partial charge in [0.05, 0.1) is 4.90 Å². The molecule has 1 aromatic rings. The number of rotatable bonds is 4. The van der Waals surface area contributed by atoms with E-state index in [4.69, 9.17) is 5.73 Å². The normalized spacial score (nSPS) is 26.8. The van der Waals surface area contributed by atoms with E-state index < -0.39 is 21.4 Å². The molecule has 0 amide bonds. The highest BCUT2D eigenvalue weighted by molar-refractivity contribution is 7.89. The molecule has 2 rings (SSSR count). The lowest BCUT2D eigenvalue weighted by Crippen LogP contribution is -2.55. The van der Waals surface area contributed by atoms with Crippen LogP contribution in [0.2, 0.25) is 0 Å². The zero-order valence-electron chi connectivity index (χ0n) is 12.5. The summed E-state index contributed by atoms with van der Waals surface area (Å²) in [6.45, 7) is 3.98. The van der Waals surface area contributed by atoms with Crippen molar-refractivity contribution in [3.05, 3.63) is 29.6 Å². The molecule has 4 nitrogen and oxygen atoms in total. The van der Waals surface area contributed by atoms with Crippen molar-refractivity contribution < 1.29 is 12.8 Å². The van der Waals surface area contributed by atoms with Crippen LogP contribution < -0.4 is 10.5 Å². The fourth-order valence-electron chi connectivity index (χ4n) is 3.23. The summed E-state index contributed by atoms with van der Waals surface area (Å²) >= 11 is 0. The third-order valence-corrected chi connectivity index (χ3v) is 6.00. The Kier molecular flexibility index (Phi) is 4.70. The van der Waals surface area contributed by atoms with Gasteiger partial charge in [-0.1, -0.05) is 19.8 Å². The largest absolute Gasteiger partial charge is 0.329 e. The maximum Gasteiger partial charge on any atom is 0.241 e. The van der Waals surface area contributed by atoms with Crippen molar-refractivity contribution >= 4 is 10.0 Å². The van der Waals surface area contributed by atoms with Crippen molar-refractivity contribution in [1.29, 1.82) is 0 Å². The zero-order valence-corrected chi connectivity index (χ0v) is 13.3. The van der Waals surface area contributed by atoms with Gasteiger partial charge in [-0.15, -0.1) is 0 Å². The van der Waals surface area contributed by atoms with Crippen LogP contribution in [0.25, 0.3) is 0 Å². The third-order valence-electron chi connectivity index (χ3n) is 4.26. The van der Waals surface area contributed by atoms with E-state index in [1.54, 1.807) is 6.92 Å². The lowest BCUT2D eigenvalue weighted by molar-refractivity contribution is 0.223. The molecule has 2 atom stereocenters. The van der Waals surface area contributed by atoms with Crippen LogP contribution in [0.1, 0.15) is 38.2 Å². The zero-order chi connectivity index (χ0) is 15.7. The minimum atomic E-state index is -3.70. The molecule has 6 heteroatoms. The minimum Gasteiger partial charge on any atom is -0.329 e. The Labute approximate surface area is 126 Å². The molecule has 118 valence electrons. The molecule has 0 radical (unpaired) electrons. The van der Waals surface area contributed by atoms with Gasteiger partial charge < -0.3 is 5.73 Å². The molecule has 0 heterocycles. The smallest absolute Gasteiger partial charge is 0.241 e. The first-order valence-electron chi connectivity index (χ1n) is 7.28. The van der Waals surface area contributed by atoms with Crippen LogP contribution in [0.15, 0.2) is 23.1 Å². The molecule has 1 aliphatic rings. The second-order valence-electron chi connectivity index (χ2n) is 6.20. The van der Waals surface area contributed by atoms with E-state index in [1.165, 1.54) is 18.2 Å². The number of aryl methyl sites for hydroxylation is 1. The fourth-order valence-corrected chi connectivity index (χ4v) is 4.91. The van der Waals surface area contributed by atoms with Crippen LogP contribution in [0, 0.1) is 18.7 Å². The van der Waals surface area contributed by atoms with E-state index in [0.717, 1.165) is 25.7 Å². The predicted octanol–water partition coefficient (Wildman–Crippen LogP) is 2.32. The van der Waals surface area contributed by atoms with Gasteiger partial charge in [0.25, 0.3) is 0 Å². The van der Waals surface area contributed by atoms with Gasteiger partial charge in [-0.2, -0.15) is 0 Å². The summed E-state index contributed by atoms with van der Waals surface area (Å²) in [5.41, 5.74) is 5.68. The fraction of sp³-hybridized carbons (Fsp3) is 0.600. The number of hydrogen-bond donors (Lipinski definition) is 2. The van der Waals surface area contributed by atoms with Crippen LogP contribution in [0.4, 0.5) is 4.39 Å². The molecule has 0 bridgehead atoms. The highest BCUT2D eigenvalue weighted by Crippen LogP contribution is 2.33. The maximum absolute atomic E-state index is 13.2. The molecule has 2 unspecified atom stereocenters. The second-order valence-corrected chi connectivity index (χ2v) is 7.85. The summed E-state index contributed by atoms with van der Waals surface area (Å²) in [6.07, 6.45) is 3.54. The van der Waals surface area contributed by atoms with Crippen LogP contribution >= 0.6 is 0 Å². The summed E-state index contributed by atoms with van der Waals surface area (Å²) in [7, 11) is -3.70. The van der Waals surface area contributed by atoms with Gasteiger partial charge in [0, 0.05) is 12.1 Å². The molecule has 0 spiro atoms. The lowest BCUT2D eigenvalue weighted by Gasteiger charge is -2.39. The lowest BCUT2D eigenvalue weighted by atomic mass is 9.77. The number of nitrogens with one attached hydrogen (secondary N) is 1. The van der Waals surface area contributed by atoms with E-state index >= 15 is 0 Å². The topological polar surface area (TPSA) is 72.2 Å². The molecule has 1 fully saturated rings. The molecule has 1 aliphatic carbocycles. The Hall–Kier alpha value is -0.980. The molecule has 1 aromatic carbocycles. The van der Waals surface area contributed by atoms with Crippen molar-refractivity contribution in [2.75, 3.05) is 6.54 Å². The molecule has 21 heavy (non-hydrogen) atoms. The summed E-state index contributed by atoms with van der Waals surface area (Å²) in [6, 6.07) is 3.71. The number of sulfonamides is 1. The van der Waals surface area contributed by atoms with Gasteiger partial charge in [-0.3, -0.25) is 0 Å². The summed E-state index contributed by atoms with van der Waals surface area (Å²) in [5.74, 6) is 0.00518. The van der Waals surface area contributed by atoms with E-state index in [-0.39, 0.29) is 11.4 Å². The Morgan fingerprint density at radius 3 is 2.76 bits per heavy atom. The van der Waals surface area contributed by atoms with Crippen molar-refractivity contribution in [2.24, 2.45) is 11.7 Å². The van der Waals surface area contributed by atoms with Crippen LogP contribution in [-0.2, 0) is 10.0 Å². The van der Waals surface area contributed by atoms with Crippen LogP contribution in [0.3, 0.4) is 0 Å². The Bertz CT molecular complexity index is 618. The first-order chi connectivity index (χ1) is 9.78. The molecule has 3 N–H and O–H groups in total.